The lowest BCUT2D eigenvalue weighted by molar-refractivity contribution is -0.125. The van der Waals surface area contributed by atoms with Crippen molar-refractivity contribution in [3.8, 4) is 0 Å². The molecule has 1 unspecified atom stereocenters. The highest BCUT2D eigenvalue weighted by Crippen LogP contribution is 2.22. The highest BCUT2D eigenvalue weighted by molar-refractivity contribution is 6.31. The van der Waals surface area contributed by atoms with Crippen molar-refractivity contribution >= 4 is 23.2 Å². The van der Waals surface area contributed by atoms with Gasteiger partial charge < -0.3 is 10.2 Å². The summed E-state index contributed by atoms with van der Waals surface area (Å²) in [5, 5.41) is 7.19. The molecule has 1 N–H and O–H groups in total. The third-order valence-corrected chi connectivity index (χ3v) is 4.93. The van der Waals surface area contributed by atoms with E-state index in [2.05, 4.69) is 10.4 Å². The van der Waals surface area contributed by atoms with Crippen molar-refractivity contribution in [2.75, 3.05) is 18.0 Å². The van der Waals surface area contributed by atoms with Gasteiger partial charge in [0, 0.05) is 37.8 Å². The van der Waals surface area contributed by atoms with E-state index in [0.29, 0.717) is 17.1 Å². The quantitative estimate of drug-likeness (QED) is 0.884. The molecule has 0 bridgehead atoms. The van der Waals surface area contributed by atoms with E-state index in [9.17, 15) is 14.0 Å². The Morgan fingerprint density at radius 2 is 2.23 bits per heavy atom. The average Bonchev–Trinajstić information content (AvgIpc) is 2.63. The number of nitrogens with zero attached hydrogens (tertiary/aromatic N) is 3. The van der Waals surface area contributed by atoms with Crippen molar-refractivity contribution in [1.82, 2.24) is 15.1 Å². The summed E-state index contributed by atoms with van der Waals surface area (Å²) in [6.07, 6.45) is 3.27. The number of hydrogen-bond acceptors (Lipinski definition) is 4. The van der Waals surface area contributed by atoms with Crippen LogP contribution in [0, 0.1) is 11.7 Å². The Bertz CT molecular complexity index is 871. The first kappa shape index (κ1) is 18.4. The van der Waals surface area contributed by atoms with E-state index in [1.165, 1.54) is 22.9 Å². The van der Waals surface area contributed by atoms with Gasteiger partial charge in [-0.3, -0.25) is 9.59 Å². The van der Waals surface area contributed by atoms with Gasteiger partial charge in [-0.05, 0) is 30.5 Å². The van der Waals surface area contributed by atoms with Crippen molar-refractivity contribution in [1.29, 1.82) is 0 Å². The third-order valence-electron chi connectivity index (χ3n) is 4.58. The number of amides is 1. The Kier molecular flexibility index (Phi) is 5.56. The standard InChI is InChI=1S/C18H20ClFN4O2/c1-23-17(25)8-15(10-22-23)24-6-2-3-13(11-24)18(26)21-9-12-4-5-14(20)7-16(12)19/h4-5,7-8,10,13H,2-3,6,9,11H2,1H3,(H,21,26). The summed E-state index contributed by atoms with van der Waals surface area (Å²) in [5.41, 5.74) is 1.22. The number of hydrogen-bond donors (Lipinski definition) is 1. The zero-order valence-corrected chi connectivity index (χ0v) is 15.2. The van der Waals surface area contributed by atoms with Gasteiger partial charge in [-0.1, -0.05) is 17.7 Å². The normalized spacial score (nSPS) is 17.2. The number of aromatic nitrogens is 2. The lowest BCUT2D eigenvalue weighted by atomic mass is 9.96. The fraction of sp³-hybridized carbons (Fsp3) is 0.389. The molecule has 0 aliphatic carbocycles. The number of rotatable bonds is 4. The molecule has 2 heterocycles. The molecule has 1 aliphatic heterocycles. The van der Waals surface area contributed by atoms with Crippen LogP contribution in [-0.4, -0.2) is 28.8 Å². The van der Waals surface area contributed by atoms with Crippen LogP contribution in [0.15, 0.2) is 35.3 Å². The van der Waals surface area contributed by atoms with E-state index < -0.39 is 5.82 Å². The molecule has 3 rings (SSSR count). The minimum Gasteiger partial charge on any atom is -0.369 e. The highest BCUT2D eigenvalue weighted by atomic mass is 35.5. The van der Waals surface area contributed by atoms with Crippen molar-refractivity contribution in [2.45, 2.75) is 19.4 Å². The summed E-state index contributed by atoms with van der Waals surface area (Å²) in [5.74, 6) is -0.672. The van der Waals surface area contributed by atoms with E-state index in [1.54, 1.807) is 19.3 Å². The monoisotopic (exact) mass is 378 g/mol. The number of nitrogens with one attached hydrogen (secondary N) is 1. The summed E-state index contributed by atoms with van der Waals surface area (Å²) in [7, 11) is 1.60. The predicted molar refractivity (Wildman–Crippen MR) is 97.7 cm³/mol. The van der Waals surface area contributed by atoms with Crippen LogP contribution in [0.25, 0.3) is 0 Å². The van der Waals surface area contributed by atoms with Gasteiger partial charge in [0.15, 0.2) is 0 Å². The number of aryl methyl sites for hydroxylation is 1. The molecule has 0 spiro atoms. The van der Waals surface area contributed by atoms with Crippen LogP contribution >= 0.6 is 11.6 Å². The van der Waals surface area contributed by atoms with Crippen molar-refractivity contribution in [2.24, 2.45) is 13.0 Å². The van der Waals surface area contributed by atoms with Crippen LogP contribution in [0.1, 0.15) is 18.4 Å². The van der Waals surface area contributed by atoms with E-state index in [0.717, 1.165) is 25.1 Å². The molecule has 1 saturated heterocycles. The SMILES string of the molecule is Cn1ncc(N2CCCC(C(=O)NCc3ccc(F)cc3Cl)C2)cc1=O. The number of piperidine rings is 1. The Balaban J connectivity index is 1.62. The fourth-order valence-electron chi connectivity index (χ4n) is 3.05. The van der Waals surface area contributed by atoms with E-state index in [4.69, 9.17) is 11.6 Å². The lowest BCUT2D eigenvalue weighted by Gasteiger charge is -2.33. The maximum Gasteiger partial charge on any atom is 0.268 e. The second-order valence-corrected chi connectivity index (χ2v) is 6.82. The Hall–Kier alpha value is -2.41. The molecule has 1 fully saturated rings. The van der Waals surface area contributed by atoms with Gasteiger partial charge in [0.05, 0.1) is 17.8 Å². The first-order chi connectivity index (χ1) is 12.4. The van der Waals surface area contributed by atoms with Crippen LogP contribution in [0.4, 0.5) is 10.1 Å². The van der Waals surface area contributed by atoms with Crippen LogP contribution in [0.2, 0.25) is 5.02 Å². The number of carbonyl (C=O) groups excluding carboxylic acids is 1. The predicted octanol–water partition coefficient (Wildman–Crippen LogP) is 2.11. The third kappa shape index (κ3) is 4.22. The molecular formula is C18H20ClFN4O2. The molecule has 0 saturated carbocycles. The summed E-state index contributed by atoms with van der Waals surface area (Å²) in [4.78, 5) is 26.3. The van der Waals surface area contributed by atoms with Crippen LogP contribution in [0.5, 0.6) is 0 Å². The van der Waals surface area contributed by atoms with Gasteiger partial charge in [0.25, 0.3) is 5.56 Å². The molecule has 1 aromatic heterocycles. The molecule has 1 atom stereocenters. The molecule has 8 heteroatoms. The van der Waals surface area contributed by atoms with Gasteiger partial charge in [0.2, 0.25) is 5.91 Å². The number of carbonyl (C=O) groups is 1. The van der Waals surface area contributed by atoms with Crippen molar-refractivity contribution < 1.29 is 9.18 Å². The number of benzene rings is 1. The summed E-state index contributed by atoms with van der Waals surface area (Å²) in [6.45, 7) is 1.56. The maximum absolute atomic E-state index is 13.1. The minimum atomic E-state index is -0.407. The molecule has 1 amide bonds. The minimum absolute atomic E-state index is 0.0770. The molecule has 0 radical (unpaired) electrons. The Morgan fingerprint density at radius 1 is 1.42 bits per heavy atom. The first-order valence-electron chi connectivity index (χ1n) is 8.44. The molecule has 138 valence electrons. The maximum atomic E-state index is 13.1. The number of anilines is 1. The summed E-state index contributed by atoms with van der Waals surface area (Å²) >= 11 is 5.99. The van der Waals surface area contributed by atoms with Gasteiger partial charge in [-0.15, -0.1) is 0 Å². The lowest BCUT2D eigenvalue weighted by Crippen LogP contribution is -2.43. The topological polar surface area (TPSA) is 67.2 Å². The summed E-state index contributed by atoms with van der Waals surface area (Å²) < 4.78 is 14.4. The van der Waals surface area contributed by atoms with Crippen LogP contribution < -0.4 is 15.8 Å². The first-order valence-corrected chi connectivity index (χ1v) is 8.82. The molecule has 1 aromatic carbocycles. The second-order valence-electron chi connectivity index (χ2n) is 6.41. The molecule has 2 aromatic rings. The zero-order chi connectivity index (χ0) is 18.7. The average molecular weight is 379 g/mol. The zero-order valence-electron chi connectivity index (χ0n) is 14.4. The van der Waals surface area contributed by atoms with Gasteiger partial charge in [-0.25, -0.2) is 9.07 Å². The van der Waals surface area contributed by atoms with Crippen molar-refractivity contribution in [3.63, 3.8) is 0 Å². The van der Waals surface area contributed by atoms with E-state index >= 15 is 0 Å². The molecule has 26 heavy (non-hydrogen) atoms. The molecule has 6 nitrogen and oxygen atoms in total. The van der Waals surface area contributed by atoms with Gasteiger partial charge in [-0.2, -0.15) is 5.10 Å². The van der Waals surface area contributed by atoms with Crippen molar-refractivity contribution in [3.05, 3.63) is 57.2 Å². The highest BCUT2D eigenvalue weighted by Gasteiger charge is 2.26. The van der Waals surface area contributed by atoms with Gasteiger partial charge >= 0.3 is 0 Å². The molecular weight excluding hydrogens is 359 g/mol. The fourth-order valence-corrected chi connectivity index (χ4v) is 3.28. The molecule has 1 aliphatic rings. The second kappa shape index (κ2) is 7.86. The van der Waals surface area contributed by atoms with E-state index in [1.807, 2.05) is 4.90 Å². The summed E-state index contributed by atoms with van der Waals surface area (Å²) in [6, 6.07) is 5.65. The van der Waals surface area contributed by atoms with Crippen LogP contribution in [0.3, 0.4) is 0 Å². The largest absolute Gasteiger partial charge is 0.369 e. The Morgan fingerprint density at radius 3 is 2.96 bits per heavy atom. The number of halogens is 2. The Labute approximate surface area is 155 Å². The smallest absolute Gasteiger partial charge is 0.268 e. The van der Waals surface area contributed by atoms with Gasteiger partial charge in [0.1, 0.15) is 5.82 Å². The van der Waals surface area contributed by atoms with E-state index in [-0.39, 0.29) is 23.9 Å². The van der Waals surface area contributed by atoms with Crippen LogP contribution in [-0.2, 0) is 18.4 Å².